The Morgan fingerprint density at radius 2 is 1.96 bits per heavy atom. The average molecular weight is 350 g/mol. The molecule has 0 saturated heterocycles. The highest BCUT2D eigenvalue weighted by molar-refractivity contribution is 5.96. The summed E-state index contributed by atoms with van der Waals surface area (Å²) in [6.07, 6.45) is -0.999. The zero-order valence-corrected chi connectivity index (χ0v) is 13.8. The lowest BCUT2D eigenvalue weighted by atomic mass is 10.0. The minimum absolute atomic E-state index is 0.281. The van der Waals surface area contributed by atoms with Crippen LogP contribution in [0.15, 0.2) is 29.5 Å². The van der Waals surface area contributed by atoms with Crippen LogP contribution in [-0.4, -0.2) is 21.9 Å². The average Bonchev–Trinajstić information content (AvgIpc) is 3.26. The summed E-state index contributed by atoms with van der Waals surface area (Å²) in [6, 6.07) is 5.38. The number of aryl methyl sites for hydroxylation is 2. The molecule has 1 heterocycles. The summed E-state index contributed by atoms with van der Waals surface area (Å²) in [5.74, 6) is -0.929. The number of hydrogen-bond donors (Lipinski definition) is 1. The van der Waals surface area contributed by atoms with Crippen molar-refractivity contribution >= 4 is 12.1 Å². The van der Waals surface area contributed by atoms with Gasteiger partial charge in [-0.25, -0.2) is 5.43 Å². The normalized spacial score (nSPS) is 14.9. The van der Waals surface area contributed by atoms with Gasteiger partial charge in [-0.1, -0.05) is 18.2 Å². The van der Waals surface area contributed by atoms with Gasteiger partial charge < -0.3 is 0 Å². The number of rotatable bonds is 4. The number of hydrogen-bond acceptors (Lipinski definition) is 3. The molecule has 0 aliphatic heterocycles. The summed E-state index contributed by atoms with van der Waals surface area (Å²) in [5.41, 5.74) is 3.35. The first-order valence-electron chi connectivity index (χ1n) is 7.83. The van der Waals surface area contributed by atoms with Crippen LogP contribution >= 0.6 is 0 Å². The van der Waals surface area contributed by atoms with Gasteiger partial charge in [-0.3, -0.25) is 9.48 Å². The molecule has 0 bridgehead atoms. The van der Waals surface area contributed by atoms with E-state index in [9.17, 15) is 18.0 Å². The third-order valence-corrected chi connectivity index (χ3v) is 4.10. The van der Waals surface area contributed by atoms with E-state index >= 15 is 0 Å². The Bertz CT molecular complexity index is 815. The molecule has 5 nitrogen and oxygen atoms in total. The Labute approximate surface area is 142 Å². The molecule has 1 aliphatic carbocycles. The van der Waals surface area contributed by atoms with Crippen molar-refractivity contribution < 1.29 is 18.0 Å². The van der Waals surface area contributed by atoms with Crippen LogP contribution in [0, 0.1) is 13.8 Å². The van der Waals surface area contributed by atoms with E-state index in [4.69, 9.17) is 0 Å². The fraction of sp³-hybridized carbons (Fsp3) is 0.353. The number of amides is 1. The van der Waals surface area contributed by atoms with Crippen LogP contribution in [0.3, 0.4) is 0 Å². The van der Waals surface area contributed by atoms with Gasteiger partial charge in [0.15, 0.2) is 5.69 Å². The summed E-state index contributed by atoms with van der Waals surface area (Å²) in [7, 11) is 0. The van der Waals surface area contributed by atoms with Crippen molar-refractivity contribution in [3.63, 3.8) is 0 Å². The Kier molecular flexibility index (Phi) is 4.36. The summed E-state index contributed by atoms with van der Waals surface area (Å²) >= 11 is 0. The molecule has 2 aromatic rings. The second kappa shape index (κ2) is 6.34. The van der Waals surface area contributed by atoms with E-state index in [2.05, 4.69) is 15.6 Å². The molecule has 1 amide bonds. The van der Waals surface area contributed by atoms with E-state index < -0.39 is 23.3 Å². The summed E-state index contributed by atoms with van der Waals surface area (Å²) in [4.78, 5) is 12.2. The minimum Gasteiger partial charge on any atom is -0.267 e. The number of alkyl halides is 3. The Morgan fingerprint density at radius 1 is 1.32 bits per heavy atom. The van der Waals surface area contributed by atoms with E-state index in [1.165, 1.54) is 6.21 Å². The van der Waals surface area contributed by atoms with Crippen LogP contribution in [0.5, 0.6) is 0 Å². The van der Waals surface area contributed by atoms with Crippen LogP contribution in [-0.2, 0) is 6.18 Å². The molecule has 0 spiro atoms. The molecule has 1 saturated carbocycles. The van der Waals surface area contributed by atoms with Crippen molar-refractivity contribution in [2.24, 2.45) is 5.10 Å². The predicted molar refractivity (Wildman–Crippen MR) is 86.5 cm³/mol. The molecule has 1 aromatic heterocycles. The number of halogens is 3. The van der Waals surface area contributed by atoms with Gasteiger partial charge in [0.05, 0.1) is 24.0 Å². The molecule has 132 valence electrons. The smallest absolute Gasteiger partial charge is 0.267 e. The Hall–Kier alpha value is -2.64. The largest absolute Gasteiger partial charge is 0.433 e. The maximum absolute atomic E-state index is 13.3. The summed E-state index contributed by atoms with van der Waals surface area (Å²) in [6.45, 7) is 3.77. The van der Waals surface area contributed by atoms with Crippen LogP contribution in [0.2, 0.25) is 0 Å². The number of carbonyl (C=O) groups excluding carboxylic acids is 1. The number of carbonyl (C=O) groups is 1. The maximum atomic E-state index is 13.3. The van der Waals surface area contributed by atoms with Gasteiger partial charge in [-0.2, -0.15) is 23.4 Å². The van der Waals surface area contributed by atoms with Crippen molar-refractivity contribution in [2.45, 2.75) is 38.9 Å². The molecule has 8 heteroatoms. The van der Waals surface area contributed by atoms with Crippen molar-refractivity contribution in [2.75, 3.05) is 0 Å². The second-order valence-corrected chi connectivity index (χ2v) is 6.08. The first-order chi connectivity index (χ1) is 11.8. The molecule has 25 heavy (non-hydrogen) atoms. The fourth-order valence-corrected chi connectivity index (χ4v) is 2.65. The van der Waals surface area contributed by atoms with Gasteiger partial charge in [0, 0.05) is 5.56 Å². The van der Waals surface area contributed by atoms with Crippen LogP contribution in [0.25, 0.3) is 0 Å². The maximum Gasteiger partial charge on any atom is 0.433 e. The Morgan fingerprint density at radius 3 is 2.52 bits per heavy atom. The monoisotopic (exact) mass is 350 g/mol. The fourth-order valence-electron chi connectivity index (χ4n) is 2.65. The molecule has 0 radical (unpaired) electrons. The highest BCUT2D eigenvalue weighted by Crippen LogP contribution is 2.41. The van der Waals surface area contributed by atoms with E-state index in [1.54, 1.807) is 0 Å². The topological polar surface area (TPSA) is 59.3 Å². The number of aromatic nitrogens is 2. The quantitative estimate of drug-likeness (QED) is 0.676. The van der Waals surface area contributed by atoms with Crippen LogP contribution < -0.4 is 5.43 Å². The third kappa shape index (κ3) is 3.57. The molecule has 0 unspecified atom stereocenters. The highest BCUT2D eigenvalue weighted by atomic mass is 19.4. The number of nitrogens with zero attached hydrogens (tertiary/aromatic N) is 3. The van der Waals surface area contributed by atoms with Crippen molar-refractivity contribution in [1.29, 1.82) is 0 Å². The van der Waals surface area contributed by atoms with Gasteiger partial charge in [-0.05, 0) is 37.8 Å². The van der Waals surface area contributed by atoms with Crippen LogP contribution in [0.1, 0.15) is 51.6 Å². The standard InChI is InChI=1S/C17H17F3N4O/c1-10-4-3-5-11(2)13(10)8-21-23-16(25)14-9-22-24(12-6-7-12)15(14)17(18,19)20/h3-5,8-9,12H,6-7H2,1-2H3,(H,23,25). The number of benzene rings is 1. The molecule has 1 N–H and O–H groups in total. The lowest BCUT2D eigenvalue weighted by Gasteiger charge is -2.11. The van der Waals surface area contributed by atoms with E-state index in [0.717, 1.165) is 27.6 Å². The molecule has 3 rings (SSSR count). The van der Waals surface area contributed by atoms with E-state index in [-0.39, 0.29) is 6.04 Å². The first kappa shape index (κ1) is 17.2. The van der Waals surface area contributed by atoms with Gasteiger partial charge in [-0.15, -0.1) is 0 Å². The zero-order valence-electron chi connectivity index (χ0n) is 13.8. The molecule has 1 aliphatic rings. The second-order valence-electron chi connectivity index (χ2n) is 6.08. The summed E-state index contributed by atoms with van der Waals surface area (Å²) < 4.78 is 40.8. The van der Waals surface area contributed by atoms with Gasteiger partial charge in [0.25, 0.3) is 5.91 Å². The lowest BCUT2D eigenvalue weighted by Crippen LogP contribution is -2.23. The molecule has 1 aromatic carbocycles. The SMILES string of the molecule is Cc1cccc(C)c1C=NNC(=O)c1cnn(C2CC2)c1C(F)(F)F. The van der Waals surface area contributed by atoms with Gasteiger partial charge >= 0.3 is 6.18 Å². The molecular formula is C17H17F3N4O. The molecule has 0 atom stereocenters. The predicted octanol–water partition coefficient (Wildman–Crippen LogP) is 3.62. The van der Waals surface area contributed by atoms with E-state index in [1.807, 2.05) is 32.0 Å². The zero-order chi connectivity index (χ0) is 18.2. The van der Waals surface area contributed by atoms with Crippen LogP contribution in [0.4, 0.5) is 13.2 Å². The van der Waals surface area contributed by atoms with Crippen molar-refractivity contribution in [1.82, 2.24) is 15.2 Å². The first-order valence-corrected chi connectivity index (χ1v) is 7.83. The van der Waals surface area contributed by atoms with Gasteiger partial charge in [0.2, 0.25) is 0 Å². The number of hydrazone groups is 1. The minimum atomic E-state index is -4.65. The van der Waals surface area contributed by atoms with E-state index in [0.29, 0.717) is 12.8 Å². The Balaban J connectivity index is 1.81. The number of nitrogens with one attached hydrogen (secondary N) is 1. The highest BCUT2D eigenvalue weighted by Gasteiger charge is 2.43. The van der Waals surface area contributed by atoms with Crippen molar-refractivity contribution in [3.05, 3.63) is 52.3 Å². The lowest BCUT2D eigenvalue weighted by molar-refractivity contribution is -0.144. The summed E-state index contributed by atoms with van der Waals surface area (Å²) in [5, 5.41) is 7.55. The molecular weight excluding hydrogens is 333 g/mol. The molecule has 1 fully saturated rings. The third-order valence-electron chi connectivity index (χ3n) is 4.10. The van der Waals surface area contributed by atoms with Crippen molar-refractivity contribution in [3.8, 4) is 0 Å². The van der Waals surface area contributed by atoms with Gasteiger partial charge in [0.1, 0.15) is 0 Å².